The number of carbonyl (C=O) groups is 1. The Labute approximate surface area is 104 Å². The van der Waals surface area contributed by atoms with E-state index < -0.39 is 0 Å². The van der Waals surface area contributed by atoms with Gasteiger partial charge in [0.25, 0.3) is 0 Å². The van der Waals surface area contributed by atoms with E-state index in [1.807, 2.05) is 31.2 Å². The molecule has 0 aliphatic heterocycles. The molecule has 0 aliphatic carbocycles. The van der Waals surface area contributed by atoms with Crippen LogP contribution in [0.5, 0.6) is 0 Å². The molecular weight excluding hydrogens is 270 g/mol. The number of hydrogen-bond donors (Lipinski definition) is 2. The number of aliphatic hydroxyl groups excluding tert-OH is 1. The Morgan fingerprint density at radius 3 is 2.62 bits per heavy atom. The van der Waals surface area contributed by atoms with E-state index in [2.05, 4.69) is 21.2 Å². The van der Waals surface area contributed by atoms with Crippen molar-refractivity contribution in [2.45, 2.75) is 25.8 Å². The fraction of sp³-hybridized carbons (Fsp3) is 0.417. The van der Waals surface area contributed by atoms with Crippen molar-refractivity contribution in [3.8, 4) is 0 Å². The first kappa shape index (κ1) is 13.2. The summed E-state index contributed by atoms with van der Waals surface area (Å²) in [6.45, 7) is 2.00. The number of rotatable bonds is 5. The minimum Gasteiger partial charge on any atom is -0.396 e. The third kappa shape index (κ3) is 4.33. The van der Waals surface area contributed by atoms with Crippen LogP contribution in [0.2, 0.25) is 0 Å². The molecule has 1 rings (SSSR count). The molecule has 1 amide bonds. The molecular formula is C12H16BrNO2. The molecule has 16 heavy (non-hydrogen) atoms. The maximum absolute atomic E-state index is 11.4. The zero-order valence-electron chi connectivity index (χ0n) is 9.24. The van der Waals surface area contributed by atoms with Gasteiger partial charge in [-0.2, -0.15) is 0 Å². The first-order valence-electron chi connectivity index (χ1n) is 5.29. The average molecular weight is 286 g/mol. The summed E-state index contributed by atoms with van der Waals surface area (Å²) >= 11 is 3.36. The van der Waals surface area contributed by atoms with Crippen LogP contribution in [0.1, 0.15) is 31.4 Å². The maximum Gasteiger partial charge on any atom is 0.220 e. The number of hydrogen-bond acceptors (Lipinski definition) is 2. The number of benzene rings is 1. The van der Waals surface area contributed by atoms with Crippen LogP contribution in [-0.4, -0.2) is 17.6 Å². The Balaban J connectivity index is 2.48. The van der Waals surface area contributed by atoms with Crippen molar-refractivity contribution < 1.29 is 9.90 Å². The Kier molecular flexibility index (Phi) is 5.49. The van der Waals surface area contributed by atoms with E-state index in [1.54, 1.807) is 0 Å². The van der Waals surface area contributed by atoms with Gasteiger partial charge in [0.15, 0.2) is 0 Å². The topological polar surface area (TPSA) is 49.3 Å². The Hall–Kier alpha value is -0.870. The molecule has 88 valence electrons. The molecule has 4 heteroatoms. The van der Waals surface area contributed by atoms with Crippen molar-refractivity contribution in [1.29, 1.82) is 0 Å². The normalized spacial score (nSPS) is 12.2. The third-order valence-electron chi connectivity index (χ3n) is 2.31. The second kappa shape index (κ2) is 6.66. The first-order chi connectivity index (χ1) is 7.63. The minimum atomic E-state index is -0.0236. The summed E-state index contributed by atoms with van der Waals surface area (Å²) in [4.78, 5) is 11.4. The van der Waals surface area contributed by atoms with Crippen LogP contribution in [0.4, 0.5) is 0 Å². The maximum atomic E-state index is 11.4. The van der Waals surface area contributed by atoms with Crippen molar-refractivity contribution >= 4 is 21.8 Å². The van der Waals surface area contributed by atoms with Crippen molar-refractivity contribution in [2.24, 2.45) is 0 Å². The van der Waals surface area contributed by atoms with Gasteiger partial charge < -0.3 is 10.4 Å². The van der Waals surface area contributed by atoms with Gasteiger partial charge in [0.05, 0.1) is 6.04 Å². The van der Waals surface area contributed by atoms with E-state index in [0.29, 0.717) is 12.8 Å². The first-order valence-corrected chi connectivity index (χ1v) is 6.08. The highest BCUT2D eigenvalue weighted by atomic mass is 79.9. The van der Waals surface area contributed by atoms with Gasteiger partial charge in [-0.05, 0) is 31.0 Å². The molecule has 0 saturated carbocycles. The van der Waals surface area contributed by atoms with Gasteiger partial charge >= 0.3 is 0 Å². The fourth-order valence-electron chi connectivity index (χ4n) is 1.39. The van der Waals surface area contributed by atoms with Crippen molar-refractivity contribution in [2.75, 3.05) is 6.61 Å². The fourth-order valence-corrected chi connectivity index (χ4v) is 1.65. The zero-order valence-corrected chi connectivity index (χ0v) is 10.8. The number of nitrogens with one attached hydrogen (secondary N) is 1. The van der Waals surface area contributed by atoms with Gasteiger partial charge in [-0.15, -0.1) is 0 Å². The van der Waals surface area contributed by atoms with E-state index in [1.165, 1.54) is 0 Å². The quantitative estimate of drug-likeness (QED) is 0.873. The van der Waals surface area contributed by atoms with E-state index in [-0.39, 0.29) is 18.6 Å². The second-order valence-corrected chi connectivity index (χ2v) is 4.58. The van der Waals surface area contributed by atoms with Crippen LogP contribution in [0.3, 0.4) is 0 Å². The molecule has 0 aromatic heterocycles. The molecule has 0 bridgehead atoms. The Morgan fingerprint density at radius 1 is 1.44 bits per heavy atom. The third-order valence-corrected chi connectivity index (χ3v) is 2.84. The molecule has 0 aliphatic rings. The number of aliphatic hydroxyl groups is 1. The van der Waals surface area contributed by atoms with Crippen molar-refractivity contribution in [3.63, 3.8) is 0 Å². The minimum absolute atomic E-state index is 0.000655. The van der Waals surface area contributed by atoms with Gasteiger partial charge in [-0.3, -0.25) is 4.79 Å². The molecule has 1 atom stereocenters. The van der Waals surface area contributed by atoms with Crippen LogP contribution in [-0.2, 0) is 4.79 Å². The van der Waals surface area contributed by atoms with E-state index in [4.69, 9.17) is 5.11 Å². The van der Waals surface area contributed by atoms with Gasteiger partial charge in [-0.25, -0.2) is 0 Å². The lowest BCUT2D eigenvalue weighted by molar-refractivity contribution is -0.122. The molecule has 3 nitrogen and oxygen atoms in total. The van der Waals surface area contributed by atoms with E-state index in [9.17, 15) is 4.79 Å². The van der Waals surface area contributed by atoms with Gasteiger partial charge in [0, 0.05) is 17.5 Å². The van der Waals surface area contributed by atoms with Crippen LogP contribution < -0.4 is 5.32 Å². The summed E-state index contributed by atoms with van der Waals surface area (Å²) in [7, 11) is 0. The second-order valence-electron chi connectivity index (χ2n) is 3.67. The molecule has 1 aromatic rings. The van der Waals surface area contributed by atoms with Crippen LogP contribution in [0, 0.1) is 0 Å². The molecule has 0 fully saturated rings. The van der Waals surface area contributed by atoms with E-state index in [0.717, 1.165) is 10.0 Å². The van der Waals surface area contributed by atoms with Gasteiger partial charge in [0.2, 0.25) is 5.91 Å². The van der Waals surface area contributed by atoms with E-state index >= 15 is 0 Å². The van der Waals surface area contributed by atoms with Crippen LogP contribution in [0.15, 0.2) is 28.7 Å². The van der Waals surface area contributed by atoms with Crippen molar-refractivity contribution in [1.82, 2.24) is 5.32 Å². The summed E-state index contributed by atoms with van der Waals surface area (Å²) < 4.78 is 1.02. The molecule has 0 spiro atoms. The van der Waals surface area contributed by atoms with Crippen LogP contribution in [0.25, 0.3) is 0 Å². The monoisotopic (exact) mass is 285 g/mol. The zero-order chi connectivity index (χ0) is 12.0. The number of halogens is 1. The lowest BCUT2D eigenvalue weighted by Gasteiger charge is -2.14. The predicted octanol–water partition coefficient (Wildman–Crippen LogP) is 2.40. The average Bonchev–Trinajstić information content (AvgIpc) is 2.27. The number of carbonyl (C=O) groups excluding carboxylic acids is 1. The summed E-state index contributed by atoms with van der Waals surface area (Å²) in [5, 5.41) is 11.5. The molecule has 0 radical (unpaired) electrons. The number of amides is 1. The predicted molar refractivity (Wildman–Crippen MR) is 67.0 cm³/mol. The molecule has 0 saturated heterocycles. The van der Waals surface area contributed by atoms with Gasteiger partial charge in [-0.1, -0.05) is 28.1 Å². The molecule has 2 N–H and O–H groups in total. The standard InChI is InChI=1S/C12H16BrNO2/c1-9(14-12(16)3-2-8-15)10-4-6-11(13)7-5-10/h4-7,9,15H,2-3,8H2,1H3,(H,14,16)/t9-/m1/s1. The summed E-state index contributed by atoms with van der Waals surface area (Å²) in [5.74, 6) is -0.0236. The summed E-state index contributed by atoms with van der Waals surface area (Å²) in [6, 6.07) is 7.85. The lowest BCUT2D eigenvalue weighted by atomic mass is 10.1. The highest BCUT2D eigenvalue weighted by Gasteiger charge is 2.08. The summed E-state index contributed by atoms with van der Waals surface area (Å²) in [5.41, 5.74) is 1.07. The van der Waals surface area contributed by atoms with Gasteiger partial charge in [0.1, 0.15) is 0 Å². The van der Waals surface area contributed by atoms with Crippen LogP contribution >= 0.6 is 15.9 Å². The largest absolute Gasteiger partial charge is 0.396 e. The Morgan fingerprint density at radius 2 is 2.06 bits per heavy atom. The Bertz CT molecular complexity index is 337. The molecule has 0 unspecified atom stereocenters. The highest BCUT2D eigenvalue weighted by molar-refractivity contribution is 9.10. The highest BCUT2D eigenvalue weighted by Crippen LogP contribution is 2.16. The smallest absolute Gasteiger partial charge is 0.220 e. The SMILES string of the molecule is C[C@@H](NC(=O)CCCO)c1ccc(Br)cc1. The molecule has 1 aromatic carbocycles. The lowest BCUT2D eigenvalue weighted by Crippen LogP contribution is -2.26. The van der Waals surface area contributed by atoms with Crippen molar-refractivity contribution in [3.05, 3.63) is 34.3 Å². The summed E-state index contributed by atoms with van der Waals surface area (Å²) in [6.07, 6.45) is 0.885. The molecule has 0 heterocycles.